The Morgan fingerprint density at radius 2 is 1.52 bits per heavy atom. The number of aryl methyl sites for hydroxylation is 3. The minimum atomic E-state index is 0.249. The zero-order valence-electron chi connectivity index (χ0n) is 15.6. The zero-order chi connectivity index (χ0) is 17.1. The van der Waals surface area contributed by atoms with E-state index in [0.29, 0.717) is 18.5 Å². The van der Waals surface area contributed by atoms with Crippen molar-refractivity contribution in [2.45, 2.75) is 65.0 Å². The molecule has 0 spiro atoms. The van der Waals surface area contributed by atoms with E-state index < -0.39 is 0 Å². The fraction of sp³-hybridized carbons (Fsp3) is 0.650. The third kappa shape index (κ3) is 4.14. The van der Waals surface area contributed by atoms with E-state index in [2.05, 4.69) is 51.9 Å². The Labute approximate surface area is 141 Å². The van der Waals surface area contributed by atoms with Crippen LogP contribution >= 0.6 is 0 Å². The van der Waals surface area contributed by atoms with Crippen molar-refractivity contribution in [1.29, 1.82) is 0 Å². The molecule has 23 heavy (non-hydrogen) atoms. The van der Waals surface area contributed by atoms with E-state index >= 15 is 0 Å². The van der Waals surface area contributed by atoms with Crippen LogP contribution in [0, 0.1) is 20.8 Å². The molecule has 0 aromatic heterocycles. The fourth-order valence-electron chi connectivity index (χ4n) is 4.10. The molecule has 0 bridgehead atoms. The first-order valence-corrected chi connectivity index (χ1v) is 8.80. The third-order valence-corrected chi connectivity index (χ3v) is 5.42. The number of likely N-dealkylation sites (N-methyl/N-ethyl adjacent to an activating group) is 2. The lowest BCUT2D eigenvalue weighted by molar-refractivity contribution is -0.133. The van der Waals surface area contributed by atoms with E-state index in [-0.39, 0.29) is 5.91 Å². The summed E-state index contributed by atoms with van der Waals surface area (Å²) in [6.45, 7) is 6.35. The van der Waals surface area contributed by atoms with Gasteiger partial charge in [-0.1, -0.05) is 30.5 Å². The van der Waals surface area contributed by atoms with Crippen molar-refractivity contribution < 1.29 is 4.79 Å². The van der Waals surface area contributed by atoms with Gasteiger partial charge in [0, 0.05) is 19.1 Å². The minimum Gasteiger partial charge on any atom is -0.341 e. The van der Waals surface area contributed by atoms with Gasteiger partial charge in [0.1, 0.15) is 0 Å². The number of rotatable bonds is 4. The average Bonchev–Trinajstić information content (AvgIpc) is 2.49. The Hall–Kier alpha value is -1.35. The van der Waals surface area contributed by atoms with Crippen LogP contribution in [0.2, 0.25) is 0 Å². The van der Waals surface area contributed by atoms with Crippen molar-refractivity contribution in [2.24, 2.45) is 0 Å². The van der Waals surface area contributed by atoms with E-state index in [0.717, 1.165) is 6.42 Å². The van der Waals surface area contributed by atoms with Crippen molar-refractivity contribution in [3.63, 3.8) is 0 Å². The second-order valence-corrected chi connectivity index (χ2v) is 7.44. The number of carbonyl (C=O) groups is 1. The molecular formula is C20H32N2O. The van der Waals surface area contributed by atoms with E-state index in [1.807, 2.05) is 11.9 Å². The van der Waals surface area contributed by atoms with Crippen molar-refractivity contribution in [3.8, 4) is 0 Å². The molecule has 0 N–H and O–H groups in total. The molecule has 1 amide bonds. The molecule has 3 nitrogen and oxygen atoms in total. The molecule has 2 unspecified atom stereocenters. The van der Waals surface area contributed by atoms with Crippen LogP contribution in [-0.2, 0) is 11.2 Å². The molecule has 1 fully saturated rings. The predicted octanol–water partition coefficient (Wildman–Crippen LogP) is 3.49. The topological polar surface area (TPSA) is 23.6 Å². The second-order valence-electron chi connectivity index (χ2n) is 7.44. The lowest BCUT2D eigenvalue weighted by Crippen LogP contribution is -2.52. The molecule has 128 valence electrons. The molecule has 0 heterocycles. The van der Waals surface area contributed by atoms with Crippen LogP contribution < -0.4 is 0 Å². The molecule has 2 atom stereocenters. The summed E-state index contributed by atoms with van der Waals surface area (Å²) >= 11 is 0. The van der Waals surface area contributed by atoms with Crippen molar-refractivity contribution >= 4 is 5.91 Å². The highest BCUT2D eigenvalue weighted by Crippen LogP contribution is 2.26. The van der Waals surface area contributed by atoms with Crippen molar-refractivity contribution in [3.05, 3.63) is 34.4 Å². The average molecular weight is 316 g/mol. The summed E-state index contributed by atoms with van der Waals surface area (Å²) in [5.41, 5.74) is 4.93. The normalized spacial score (nSPS) is 21.5. The van der Waals surface area contributed by atoms with Gasteiger partial charge in [-0.25, -0.2) is 0 Å². The molecule has 1 aliphatic carbocycles. The molecule has 1 aliphatic rings. The van der Waals surface area contributed by atoms with Crippen LogP contribution in [-0.4, -0.2) is 48.9 Å². The number of benzene rings is 1. The summed E-state index contributed by atoms with van der Waals surface area (Å²) in [7, 11) is 6.26. The summed E-state index contributed by atoms with van der Waals surface area (Å²) in [6.07, 6.45) is 5.34. The zero-order valence-corrected chi connectivity index (χ0v) is 15.6. The van der Waals surface area contributed by atoms with Crippen LogP contribution in [0.15, 0.2) is 12.1 Å². The van der Waals surface area contributed by atoms with Gasteiger partial charge in [0.15, 0.2) is 0 Å². The minimum absolute atomic E-state index is 0.249. The van der Waals surface area contributed by atoms with Crippen LogP contribution in [0.1, 0.15) is 47.9 Å². The van der Waals surface area contributed by atoms with E-state index in [4.69, 9.17) is 0 Å². The predicted molar refractivity (Wildman–Crippen MR) is 96.9 cm³/mol. The maximum atomic E-state index is 12.9. The molecule has 1 saturated carbocycles. The van der Waals surface area contributed by atoms with Gasteiger partial charge in [0.05, 0.1) is 6.42 Å². The number of carbonyl (C=O) groups excluding carboxylic acids is 1. The van der Waals surface area contributed by atoms with Crippen LogP contribution in [0.25, 0.3) is 0 Å². The van der Waals surface area contributed by atoms with Crippen LogP contribution in [0.4, 0.5) is 0 Å². The highest BCUT2D eigenvalue weighted by atomic mass is 16.2. The molecule has 3 heteroatoms. The smallest absolute Gasteiger partial charge is 0.227 e. The van der Waals surface area contributed by atoms with Gasteiger partial charge in [-0.3, -0.25) is 4.79 Å². The van der Waals surface area contributed by atoms with Gasteiger partial charge in [0.25, 0.3) is 0 Å². The summed E-state index contributed by atoms with van der Waals surface area (Å²) < 4.78 is 0. The molecule has 0 saturated heterocycles. The molecule has 0 radical (unpaired) electrons. The van der Waals surface area contributed by atoms with Crippen LogP contribution in [0.3, 0.4) is 0 Å². The summed E-state index contributed by atoms with van der Waals surface area (Å²) in [5.74, 6) is 0.249. The third-order valence-electron chi connectivity index (χ3n) is 5.42. The first kappa shape index (κ1) is 18.0. The summed E-state index contributed by atoms with van der Waals surface area (Å²) in [5, 5.41) is 0. The number of amides is 1. The Kier molecular flexibility index (Phi) is 5.85. The van der Waals surface area contributed by atoms with Gasteiger partial charge in [-0.15, -0.1) is 0 Å². The van der Waals surface area contributed by atoms with E-state index in [9.17, 15) is 4.79 Å². The molecule has 0 aliphatic heterocycles. The maximum Gasteiger partial charge on any atom is 0.227 e. The first-order valence-electron chi connectivity index (χ1n) is 8.80. The lowest BCUT2D eigenvalue weighted by Gasteiger charge is -2.41. The van der Waals surface area contributed by atoms with Gasteiger partial charge < -0.3 is 9.80 Å². The van der Waals surface area contributed by atoms with E-state index in [1.165, 1.54) is 41.5 Å². The quantitative estimate of drug-likeness (QED) is 0.849. The molecule has 2 rings (SSSR count). The summed E-state index contributed by atoms with van der Waals surface area (Å²) in [4.78, 5) is 17.2. The van der Waals surface area contributed by atoms with Crippen molar-refractivity contribution in [2.75, 3.05) is 21.1 Å². The number of hydrogen-bond donors (Lipinski definition) is 0. The monoisotopic (exact) mass is 316 g/mol. The largest absolute Gasteiger partial charge is 0.341 e. The van der Waals surface area contributed by atoms with Crippen molar-refractivity contribution in [1.82, 2.24) is 9.80 Å². The maximum absolute atomic E-state index is 12.9. The molecule has 1 aromatic rings. The Morgan fingerprint density at radius 3 is 2.04 bits per heavy atom. The second kappa shape index (κ2) is 7.48. The lowest BCUT2D eigenvalue weighted by atomic mass is 9.88. The standard InChI is InChI=1S/C20H32N2O/c1-14-11-15(2)17(16(3)12-14)13-20(23)22(6)19-10-8-7-9-18(19)21(4)5/h11-12,18-19H,7-10,13H2,1-6H3. The Bertz CT molecular complexity index is 542. The van der Waals surface area contributed by atoms with Gasteiger partial charge in [-0.2, -0.15) is 0 Å². The molecule has 1 aromatic carbocycles. The van der Waals surface area contributed by atoms with Gasteiger partial charge >= 0.3 is 0 Å². The summed E-state index contributed by atoms with van der Waals surface area (Å²) in [6, 6.07) is 5.19. The fourth-order valence-corrected chi connectivity index (χ4v) is 4.10. The molecular weight excluding hydrogens is 284 g/mol. The Morgan fingerprint density at radius 1 is 1.00 bits per heavy atom. The first-order chi connectivity index (χ1) is 10.8. The highest BCUT2D eigenvalue weighted by molar-refractivity contribution is 5.79. The van der Waals surface area contributed by atoms with Gasteiger partial charge in [-0.05, 0) is 64.4 Å². The Balaban J connectivity index is 2.13. The van der Waals surface area contributed by atoms with E-state index in [1.54, 1.807) is 0 Å². The SMILES string of the molecule is Cc1cc(C)c(CC(=O)N(C)C2CCCCC2N(C)C)c(C)c1. The van der Waals surface area contributed by atoms with Gasteiger partial charge in [0.2, 0.25) is 5.91 Å². The van der Waals surface area contributed by atoms with Crippen LogP contribution in [0.5, 0.6) is 0 Å². The number of nitrogens with zero attached hydrogens (tertiary/aromatic N) is 2. The highest BCUT2D eigenvalue weighted by Gasteiger charge is 2.32. The number of hydrogen-bond acceptors (Lipinski definition) is 2.